The van der Waals surface area contributed by atoms with Crippen LogP contribution in [0.1, 0.15) is 21.7 Å². The molecule has 1 saturated heterocycles. The van der Waals surface area contributed by atoms with Crippen LogP contribution in [0.25, 0.3) is 0 Å². The largest absolute Gasteiger partial charge is 0.334 e. The van der Waals surface area contributed by atoms with E-state index in [-0.39, 0.29) is 17.3 Å². The van der Waals surface area contributed by atoms with Gasteiger partial charge in [0.2, 0.25) is 5.69 Å². The molecule has 0 unspecified atom stereocenters. The van der Waals surface area contributed by atoms with Crippen molar-refractivity contribution in [1.29, 1.82) is 0 Å². The number of carbonyl (C=O) groups is 1. The van der Waals surface area contributed by atoms with Crippen LogP contribution in [0, 0.1) is 17.0 Å². The van der Waals surface area contributed by atoms with Crippen molar-refractivity contribution >= 4 is 11.6 Å². The van der Waals surface area contributed by atoms with Gasteiger partial charge < -0.3 is 4.90 Å². The third-order valence-corrected chi connectivity index (χ3v) is 4.60. The second-order valence-corrected chi connectivity index (χ2v) is 6.24. The summed E-state index contributed by atoms with van der Waals surface area (Å²) in [6, 6.07) is 0. The molecule has 3 rings (SSSR count). The van der Waals surface area contributed by atoms with Crippen molar-refractivity contribution in [3.63, 3.8) is 0 Å². The smallest absolute Gasteiger partial charge is 0.320 e. The highest BCUT2D eigenvalue weighted by atomic mass is 16.6. The Labute approximate surface area is 144 Å². The Balaban J connectivity index is 1.63. The van der Waals surface area contributed by atoms with Crippen LogP contribution in [-0.4, -0.2) is 66.4 Å². The van der Waals surface area contributed by atoms with E-state index in [2.05, 4.69) is 15.1 Å². The van der Waals surface area contributed by atoms with E-state index in [9.17, 15) is 14.9 Å². The fourth-order valence-corrected chi connectivity index (χ4v) is 2.96. The van der Waals surface area contributed by atoms with Gasteiger partial charge in [-0.05, 0) is 6.92 Å². The monoisotopic (exact) mass is 347 g/mol. The van der Waals surface area contributed by atoms with E-state index >= 15 is 0 Å². The molecule has 1 aliphatic rings. The van der Waals surface area contributed by atoms with Crippen LogP contribution >= 0.6 is 0 Å². The number of hydrogen-bond donors (Lipinski definition) is 0. The van der Waals surface area contributed by atoms with Gasteiger partial charge >= 0.3 is 5.69 Å². The second kappa shape index (κ2) is 6.63. The van der Waals surface area contributed by atoms with Gasteiger partial charge in [-0.2, -0.15) is 10.2 Å². The maximum absolute atomic E-state index is 12.6. The van der Waals surface area contributed by atoms with Crippen molar-refractivity contribution in [2.45, 2.75) is 13.5 Å². The van der Waals surface area contributed by atoms with Crippen molar-refractivity contribution in [3.05, 3.63) is 39.5 Å². The molecule has 1 aliphatic heterocycles. The number of aromatic nitrogens is 4. The maximum Gasteiger partial charge on any atom is 0.320 e. The fourth-order valence-electron chi connectivity index (χ4n) is 2.96. The van der Waals surface area contributed by atoms with Crippen LogP contribution in [0.15, 0.2) is 12.4 Å². The van der Waals surface area contributed by atoms with E-state index in [4.69, 9.17) is 0 Å². The molecular weight excluding hydrogens is 326 g/mol. The molecule has 1 amide bonds. The zero-order chi connectivity index (χ0) is 18.1. The van der Waals surface area contributed by atoms with Crippen molar-refractivity contribution in [3.8, 4) is 0 Å². The second-order valence-electron chi connectivity index (χ2n) is 6.24. The number of nitro groups is 1. The molecule has 1 fully saturated rings. The van der Waals surface area contributed by atoms with Gasteiger partial charge in [-0.25, -0.2) is 0 Å². The quantitative estimate of drug-likeness (QED) is 0.583. The van der Waals surface area contributed by atoms with Gasteiger partial charge in [0.05, 0.1) is 11.1 Å². The van der Waals surface area contributed by atoms with Crippen LogP contribution in [0.5, 0.6) is 0 Å². The lowest BCUT2D eigenvalue weighted by Crippen LogP contribution is -2.48. The van der Waals surface area contributed by atoms with E-state index in [0.29, 0.717) is 26.2 Å². The molecule has 0 aromatic carbocycles. The van der Waals surface area contributed by atoms with Gasteiger partial charge in [-0.3, -0.25) is 29.2 Å². The van der Waals surface area contributed by atoms with E-state index in [0.717, 1.165) is 12.2 Å². The summed E-state index contributed by atoms with van der Waals surface area (Å²) in [5.74, 6) is -0.385. The van der Waals surface area contributed by atoms with Gasteiger partial charge in [0, 0.05) is 58.1 Å². The summed E-state index contributed by atoms with van der Waals surface area (Å²) in [4.78, 5) is 27.0. The molecule has 25 heavy (non-hydrogen) atoms. The summed E-state index contributed by atoms with van der Waals surface area (Å²) in [6.45, 7) is 5.27. The number of hydrogen-bond acceptors (Lipinski definition) is 6. The molecule has 10 nitrogen and oxygen atoms in total. The summed E-state index contributed by atoms with van der Waals surface area (Å²) < 4.78 is 3.14. The number of nitrogens with zero attached hydrogens (tertiary/aromatic N) is 7. The van der Waals surface area contributed by atoms with Crippen molar-refractivity contribution in [2.75, 3.05) is 26.2 Å². The summed E-state index contributed by atoms with van der Waals surface area (Å²) in [5.41, 5.74) is 1.95. The summed E-state index contributed by atoms with van der Waals surface area (Å²) >= 11 is 0. The Morgan fingerprint density at radius 3 is 2.52 bits per heavy atom. The fraction of sp³-hybridized carbons (Fsp3) is 0.533. The number of amides is 1. The number of aryl methyl sites for hydroxylation is 2. The summed E-state index contributed by atoms with van der Waals surface area (Å²) in [5, 5.41) is 19.3. The molecule has 3 heterocycles. The van der Waals surface area contributed by atoms with Crippen molar-refractivity contribution in [1.82, 2.24) is 29.4 Å². The minimum Gasteiger partial charge on any atom is -0.334 e. The lowest BCUT2D eigenvalue weighted by molar-refractivity contribution is -0.385. The van der Waals surface area contributed by atoms with Crippen LogP contribution in [0.3, 0.4) is 0 Å². The highest BCUT2D eigenvalue weighted by Crippen LogP contribution is 2.19. The SMILES string of the molecule is Cc1c(CN2CCN(C(=O)c3nn(C)cc3[N+](=O)[O-])CC2)cnn1C. The molecule has 0 bridgehead atoms. The highest BCUT2D eigenvalue weighted by molar-refractivity contribution is 5.96. The zero-order valence-corrected chi connectivity index (χ0v) is 14.5. The maximum atomic E-state index is 12.6. The van der Waals surface area contributed by atoms with Crippen LogP contribution < -0.4 is 0 Å². The molecule has 0 radical (unpaired) electrons. The predicted octanol–water partition coefficient (Wildman–Crippen LogP) is 0.328. The topological polar surface area (TPSA) is 102 Å². The first kappa shape index (κ1) is 17.1. The third-order valence-electron chi connectivity index (χ3n) is 4.60. The zero-order valence-electron chi connectivity index (χ0n) is 14.5. The van der Waals surface area contributed by atoms with Gasteiger partial charge in [0.25, 0.3) is 5.91 Å². The average molecular weight is 347 g/mol. The Morgan fingerprint density at radius 1 is 1.28 bits per heavy atom. The molecule has 0 N–H and O–H groups in total. The summed E-state index contributed by atoms with van der Waals surface area (Å²) in [7, 11) is 3.48. The minimum atomic E-state index is -0.568. The van der Waals surface area contributed by atoms with E-state index in [1.807, 2.05) is 24.9 Å². The molecule has 10 heteroatoms. The average Bonchev–Trinajstić information content (AvgIpc) is 3.12. The molecule has 134 valence electrons. The Morgan fingerprint density at radius 2 is 1.96 bits per heavy atom. The standard InChI is InChI=1S/C15H21N7O3/c1-11-12(8-16-19(11)3)9-20-4-6-21(7-5-20)15(23)14-13(22(24)25)10-18(2)17-14/h8,10H,4-7,9H2,1-3H3. The van der Waals surface area contributed by atoms with E-state index in [1.54, 1.807) is 11.9 Å². The normalized spacial score (nSPS) is 15.6. The first-order chi connectivity index (χ1) is 11.9. The van der Waals surface area contributed by atoms with Gasteiger partial charge in [0.1, 0.15) is 6.20 Å². The van der Waals surface area contributed by atoms with Crippen molar-refractivity contribution in [2.24, 2.45) is 14.1 Å². The van der Waals surface area contributed by atoms with E-state index in [1.165, 1.54) is 16.4 Å². The van der Waals surface area contributed by atoms with Gasteiger partial charge in [-0.15, -0.1) is 0 Å². The Hall–Kier alpha value is -2.75. The Kier molecular flexibility index (Phi) is 4.53. The molecule has 2 aromatic rings. The van der Waals surface area contributed by atoms with Crippen molar-refractivity contribution < 1.29 is 9.72 Å². The molecule has 2 aromatic heterocycles. The first-order valence-electron chi connectivity index (χ1n) is 8.04. The predicted molar refractivity (Wildman–Crippen MR) is 89.0 cm³/mol. The number of carbonyl (C=O) groups excluding carboxylic acids is 1. The lowest BCUT2D eigenvalue weighted by atomic mass is 10.2. The molecule has 0 atom stereocenters. The first-order valence-corrected chi connectivity index (χ1v) is 8.04. The number of piperazine rings is 1. The molecule has 0 spiro atoms. The highest BCUT2D eigenvalue weighted by Gasteiger charge is 2.30. The van der Waals surface area contributed by atoms with E-state index < -0.39 is 4.92 Å². The molecular formula is C15H21N7O3. The van der Waals surface area contributed by atoms with Crippen LogP contribution in [0.4, 0.5) is 5.69 Å². The number of rotatable bonds is 4. The third kappa shape index (κ3) is 3.38. The molecule has 0 aliphatic carbocycles. The van der Waals surface area contributed by atoms with Crippen LogP contribution in [0.2, 0.25) is 0 Å². The van der Waals surface area contributed by atoms with Crippen LogP contribution in [-0.2, 0) is 20.6 Å². The lowest BCUT2D eigenvalue weighted by Gasteiger charge is -2.34. The molecule has 0 saturated carbocycles. The minimum absolute atomic E-state index is 0.0935. The van der Waals surface area contributed by atoms with Gasteiger partial charge in [0.15, 0.2) is 0 Å². The summed E-state index contributed by atoms with van der Waals surface area (Å²) in [6.07, 6.45) is 3.12. The van der Waals surface area contributed by atoms with Gasteiger partial charge in [-0.1, -0.05) is 0 Å². The Bertz CT molecular complexity index is 802.